The van der Waals surface area contributed by atoms with Crippen LogP contribution in [-0.4, -0.2) is 11.1 Å². The Balaban J connectivity index is 1.71. The monoisotopic (exact) mass is 254 g/mol. The van der Waals surface area contributed by atoms with Gasteiger partial charge in [0.1, 0.15) is 0 Å². The molecule has 2 atom stereocenters. The zero-order valence-electron chi connectivity index (χ0n) is 9.57. The quantitative estimate of drug-likeness (QED) is 0.540. The topological polar surface area (TPSA) is 0 Å². The molecule has 0 radical (unpaired) electrons. The summed E-state index contributed by atoms with van der Waals surface area (Å²) in [7, 11) is 0. The van der Waals surface area contributed by atoms with Crippen molar-refractivity contribution in [2.24, 2.45) is 5.92 Å². The first-order valence-electron chi connectivity index (χ1n) is 6.18. The van der Waals surface area contributed by atoms with E-state index in [4.69, 9.17) is 11.6 Å². The van der Waals surface area contributed by atoms with Crippen LogP contribution in [-0.2, 0) is 0 Å². The minimum absolute atomic E-state index is 0.435. The van der Waals surface area contributed by atoms with Gasteiger partial charge in [-0.1, -0.05) is 31.0 Å². The average Bonchev–Trinajstić information content (AvgIpc) is 2.33. The van der Waals surface area contributed by atoms with Gasteiger partial charge in [0.05, 0.1) is 0 Å². The van der Waals surface area contributed by atoms with Crippen LogP contribution in [0.4, 0.5) is 0 Å². The van der Waals surface area contributed by atoms with Gasteiger partial charge < -0.3 is 0 Å². The van der Waals surface area contributed by atoms with Gasteiger partial charge in [0.2, 0.25) is 0 Å². The SMILES string of the molecule is ClC1CCCCC1CCSc1ccccc1. The molecule has 1 fully saturated rings. The van der Waals surface area contributed by atoms with Gasteiger partial charge >= 0.3 is 0 Å². The minimum atomic E-state index is 0.435. The first kappa shape index (κ1) is 12.3. The van der Waals surface area contributed by atoms with Crippen molar-refractivity contribution in [1.29, 1.82) is 0 Å². The Bertz CT molecular complexity index is 299. The molecule has 0 spiro atoms. The van der Waals surface area contributed by atoms with Crippen LogP contribution in [0, 0.1) is 5.92 Å². The molecule has 2 unspecified atom stereocenters. The van der Waals surface area contributed by atoms with Gasteiger partial charge in [-0.15, -0.1) is 23.4 Å². The largest absolute Gasteiger partial charge is 0.126 e. The normalized spacial score (nSPS) is 25.6. The van der Waals surface area contributed by atoms with Gasteiger partial charge in [-0.25, -0.2) is 0 Å². The van der Waals surface area contributed by atoms with Gasteiger partial charge in [-0.3, -0.25) is 0 Å². The highest BCUT2D eigenvalue weighted by Crippen LogP contribution is 2.32. The summed E-state index contributed by atoms with van der Waals surface area (Å²) in [4.78, 5) is 1.38. The van der Waals surface area contributed by atoms with Crippen LogP contribution in [0.5, 0.6) is 0 Å². The molecule has 16 heavy (non-hydrogen) atoms. The van der Waals surface area contributed by atoms with Gasteiger partial charge in [-0.05, 0) is 43.1 Å². The van der Waals surface area contributed by atoms with Crippen molar-refractivity contribution in [1.82, 2.24) is 0 Å². The van der Waals surface area contributed by atoms with E-state index in [1.54, 1.807) is 0 Å². The summed E-state index contributed by atoms with van der Waals surface area (Å²) in [6, 6.07) is 10.6. The lowest BCUT2D eigenvalue weighted by Crippen LogP contribution is -2.20. The predicted octanol–water partition coefficient (Wildman–Crippen LogP) is 4.97. The van der Waals surface area contributed by atoms with Crippen LogP contribution in [0.2, 0.25) is 0 Å². The third-order valence-corrected chi connectivity index (χ3v) is 4.94. The lowest BCUT2D eigenvalue weighted by atomic mass is 9.87. The molecule has 0 nitrogen and oxygen atoms in total. The smallest absolute Gasteiger partial charge is 0.0364 e. The molecular formula is C14H19ClS. The molecule has 2 rings (SSSR count). The number of halogens is 1. The fourth-order valence-corrected chi connectivity index (χ4v) is 3.74. The molecule has 1 aromatic carbocycles. The molecule has 88 valence electrons. The van der Waals surface area contributed by atoms with Crippen LogP contribution in [0.25, 0.3) is 0 Å². The number of alkyl halides is 1. The second kappa shape index (κ2) is 6.56. The summed E-state index contributed by atoms with van der Waals surface area (Å²) >= 11 is 8.31. The zero-order chi connectivity index (χ0) is 11.2. The first-order valence-corrected chi connectivity index (χ1v) is 7.60. The van der Waals surface area contributed by atoms with Crippen LogP contribution in [0.15, 0.2) is 35.2 Å². The van der Waals surface area contributed by atoms with Crippen molar-refractivity contribution in [2.75, 3.05) is 5.75 Å². The van der Waals surface area contributed by atoms with Crippen molar-refractivity contribution >= 4 is 23.4 Å². The van der Waals surface area contributed by atoms with Crippen LogP contribution >= 0.6 is 23.4 Å². The van der Waals surface area contributed by atoms with Gasteiger partial charge in [-0.2, -0.15) is 0 Å². The van der Waals surface area contributed by atoms with E-state index in [2.05, 4.69) is 30.3 Å². The van der Waals surface area contributed by atoms with E-state index in [9.17, 15) is 0 Å². The molecule has 2 heteroatoms. The van der Waals surface area contributed by atoms with Crippen molar-refractivity contribution in [3.63, 3.8) is 0 Å². The third-order valence-electron chi connectivity index (χ3n) is 3.32. The molecule has 1 saturated carbocycles. The van der Waals surface area contributed by atoms with Crippen molar-refractivity contribution < 1.29 is 0 Å². The Hall–Kier alpha value is -0.140. The van der Waals surface area contributed by atoms with E-state index in [1.807, 2.05) is 11.8 Å². The number of thioether (sulfide) groups is 1. The van der Waals surface area contributed by atoms with Gasteiger partial charge in [0, 0.05) is 10.3 Å². The standard InChI is InChI=1S/C14H19ClS/c15-14-9-5-4-6-12(14)10-11-16-13-7-2-1-3-8-13/h1-3,7-8,12,14H,4-6,9-11H2. The van der Waals surface area contributed by atoms with Crippen LogP contribution < -0.4 is 0 Å². The number of benzene rings is 1. The van der Waals surface area contributed by atoms with Crippen LogP contribution in [0.3, 0.4) is 0 Å². The molecule has 1 aliphatic rings. The molecule has 0 aromatic heterocycles. The Morgan fingerprint density at radius 2 is 1.88 bits per heavy atom. The molecule has 1 aliphatic carbocycles. The van der Waals surface area contributed by atoms with E-state index >= 15 is 0 Å². The van der Waals surface area contributed by atoms with Gasteiger partial charge in [0.25, 0.3) is 0 Å². The Kier molecular flexibility index (Phi) is 5.05. The first-order chi connectivity index (χ1) is 7.86. The molecular weight excluding hydrogens is 236 g/mol. The molecule has 0 amide bonds. The lowest BCUT2D eigenvalue weighted by molar-refractivity contribution is 0.358. The summed E-state index contributed by atoms with van der Waals surface area (Å²) < 4.78 is 0. The summed E-state index contributed by atoms with van der Waals surface area (Å²) in [6.45, 7) is 0. The predicted molar refractivity (Wildman–Crippen MR) is 73.4 cm³/mol. The summed E-state index contributed by atoms with van der Waals surface area (Å²) in [5, 5.41) is 0.435. The van der Waals surface area contributed by atoms with Crippen LogP contribution in [0.1, 0.15) is 32.1 Å². The van der Waals surface area contributed by atoms with E-state index in [0.29, 0.717) is 5.38 Å². The highest BCUT2D eigenvalue weighted by molar-refractivity contribution is 7.99. The van der Waals surface area contributed by atoms with Crippen molar-refractivity contribution in [3.05, 3.63) is 30.3 Å². The zero-order valence-corrected chi connectivity index (χ0v) is 11.1. The average molecular weight is 255 g/mol. The fourth-order valence-electron chi connectivity index (χ4n) is 2.33. The summed E-state index contributed by atoms with van der Waals surface area (Å²) in [5.41, 5.74) is 0. The number of rotatable bonds is 4. The second-order valence-corrected chi connectivity index (χ2v) is 6.24. The molecule has 1 aromatic rings. The van der Waals surface area contributed by atoms with Crippen molar-refractivity contribution in [2.45, 2.75) is 42.4 Å². The van der Waals surface area contributed by atoms with Crippen molar-refractivity contribution in [3.8, 4) is 0 Å². The highest BCUT2D eigenvalue weighted by Gasteiger charge is 2.22. The molecule has 0 N–H and O–H groups in total. The Labute approximate surface area is 108 Å². The van der Waals surface area contributed by atoms with Gasteiger partial charge in [0.15, 0.2) is 0 Å². The van der Waals surface area contributed by atoms with E-state index < -0.39 is 0 Å². The molecule has 0 heterocycles. The van der Waals surface area contributed by atoms with E-state index in [0.717, 1.165) is 5.92 Å². The second-order valence-electron chi connectivity index (χ2n) is 4.51. The third kappa shape index (κ3) is 3.71. The minimum Gasteiger partial charge on any atom is -0.126 e. The maximum absolute atomic E-state index is 6.36. The number of hydrogen-bond donors (Lipinski definition) is 0. The highest BCUT2D eigenvalue weighted by atomic mass is 35.5. The molecule has 0 saturated heterocycles. The lowest BCUT2D eigenvalue weighted by Gasteiger charge is -2.26. The molecule has 0 aliphatic heterocycles. The van der Waals surface area contributed by atoms with E-state index in [-0.39, 0.29) is 0 Å². The molecule has 0 bridgehead atoms. The Morgan fingerprint density at radius 3 is 2.62 bits per heavy atom. The number of hydrogen-bond acceptors (Lipinski definition) is 1. The maximum Gasteiger partial charge on any atom is 0.0364 e. The fraction of sp³-hybridized carbons (Fsp3) is 0.571. The Morgan fingerprint density at radius 1 is 1.12 bits per heavy atom. The maximum atomic E-state index is 6.36. The van der Waals surface area contributed by atoms with E-state index in [1.165, 1.54) is 42.8 Å². The summed E-state index contributed by atoms with van der Waals surface area (Å²) in [5.74, 6) is 1.96. The summed E-state index contributed by atoms with van der Waals surface area (Å²) in [6.07, 6.45) is 6.54.